The first kappa shape index (κ1) is 14.1. The van der Waals surface area contributed by atoms with Crippen molar-refractivity contribution in [1.82, 2.24) is 15.1 Å². The van der Waals surface area contributed by atoms with Crippen LogP contribution in [-0.4, -0.2) is 76.8 Å². The lowest BCUT2D eigenvalue weighted by Crippen LogP contribution is -2.57. The van der Waals surface area contributed by atoms with Crippen LogP contribution >= 0.6 is 11.8 Å². The van der Waals surface area contributed by atoms with Crippen molar-refractivity contribution < 1.29 is 9.90 Å². The predicted molar refractivity (Wildman–Crippen MR) is 73.5 cm³/mol. The number of nitrogens with zero attached hydrogens (tertiary/aromatic N) is 2. The fourth-order valence-corrected chi connectivity index (χ4v) is 3.51. The molecule has 0 bridgehead atoms. The Balaban J connectivity index is 1.85. The van der Waals surface area contributed by atoms with Gasteiger partial charge in [-0.1, -0.05) is 0 Å². The molecule has 0 aromatic heterocycles. The van der Waals surface area contributed by atoms with Crippen LogP contribution in [0, 0.1) is 0 Å². The molecule has 18 heavy (non-hydrogen) atoms. The smallest absolute Gasteiger partial charge is 0.240 e. The number of carbonyl (C=O) groups is 1. The van der Waals surface area contributed by atoms with Crippen LogP contribution in [0.3, 0.4) is 0 Å². The summed E-state index contributed by atoms with van der Waals surface area (Å²) in [5, 5.41) is 12.7. The molecule has 2 rings (SSSR count). The summed E-state index contributed by atoms with van der Waals surface area (Å²) in [5.41, 5.74) is 0. The van der Waals surface area contributed by atoms with Gasteiger partial charge in [0.05, 0.1) is 12.1 Å². The summed E-state index contributed by atoms with van der Waals surface area (Å²) in [4.78, 5) is 16.5. The maximum atomic E-state index is 12.3. The van der Waals surface area contributed by atoms with Crippen LogP contribution in [0.5, 0.6) is 0 Å². The molecule has 2 saturated heterocycles. The monoisotopic (exact) mass is 273 g/mol. The summed E-state index contributed by atoms with van der Waals surface area (Å²) in [7, 11) is 0. The highest BCUT2D eigenvalue weighted by Crippen LogP contribution is 2.15. The molecule has 0 spiro atoms. The number of hydrogen-bond donors (Lipinski definition) is 2. The third-order valence-corrected chi connectivity index (χ3v) is 4.53. The van der Waals surface area contributed by atoms with Gasteiger partial charge in [0, 0.05) is 43.9 Å². The van der Waals surface area contributed by atoms with E-state index in [2.05, 4.69) is 17.1 Å². The second-order valence-corrected chi connectivity index (χ2v) is 6.28. The molecule has 0 aliphatic carbocycles. The molecular formula is C12H23N3O2S. The highest BCUT2D eigenvalue weighted by atomic mass is 32.2. The fourth-order valence-electron chi connectivity index (χ4n) is 2.58. The lowest BCUT2D eigenvalue weighted by Gasteiger charge is -2.41. The van der Waals surface area contributed by atoms with Crippen LogP contribution in [0.1, 0.15) is 13.8 Å². The van der Waals surface area contributed by atoms with E-state index in [0.29, 0.717) is 12.6 Å². The molecule has 0 radical (unpaired) electrons. The third kappa shape index (κ3) is 3.38. The second kappa shape index (κ2) is 6.23. The maximum absolute atomic E-state index is 12.3. The van der Waals surface area contributed by atoms with Gasteiger partial charge in [0.1, 0.15) is 0 Å². The molecule has 0 aromatic rings. The third-order valence-electron chi connectivity index (χ3n) is 3.59. The molecule has 0 aromatic carbocycles. The molecule has 6 heteroatoms. The summed E-state index contributed by atoms with van der Waals surface area (Å²) < 4.78 is 0. The van der Waals surface area contributed by atoms with Crippen LogP contribution in [0.15, 0.2) is 0 Å². The maximum Gasteiger partial charge on any atom is 0.240 e. The summed E-state index contributed by atoms with van der Waals surface area (Å²) in [6.45, 7) is 7.04. The normalized spacial score (nSPS) is 31.6. The molecule has 1 amide bonds. The second-order valence-electron chi connectivity index (χ2n) is 5.25. The topological polar surface area (TPSA) is 55.8 Å². The highest BCUT2D eigenvalue weighted by molar-refractivity contribution is 7.99. The Labute approximate surface area is 113 Å². The van der Waals surface area contributed by atoms with E-state index in [4.69, 9.17) is 0 Å². The number of carbonyl (C=O) groups excluding carboxylic acids is 1. The summed E-state index contributed by atoms with van der Waals surface area (Å²) in [6, 6.07) is 0.330. The Morgan fingerprint density at radius 3 is 2.89 bits per heavy atom. The van der Waals surface area contributed by atoms with Crippen molar-refractivity contribution in [3.63, 3.8) is 0 Å². The van der Waals surface area contributed by atoms with Crippen LogP contribution < -0.4 is 5.32 Å². The Kier molecular flexibility index (Phi) is 4.89. The minimum absolute atomic E-state index is 0.00511. The summed E-state index contributed by atoms with van der Waals surface area (Å²) in [5.74, 6) is 2.01. The Morgan fingerprint density at radius 2 is 2.33 bits per heavy atom. The van der Waals surface area contributed by atoms with Gasteiger partial charge in [0.2, 0.25) is 5.91 Å². The number of hydrogen-bond acceptors (Lipinski definition) is 5. The fraction of sp³-hybridized carbons (Fsp3) is 0.917. The number of piperazine rings is 1. The van der Waals surface area contributed by atoms with Gasteiger partial charge in [-0.05, 0) is 13.8 Å². The van der Waals surface area contributed by atoms with Crippen molar-refractivity contribution in [2.24, 2.45) is 0 Å². The molecule has 3 unspecified atom stereocenters. The van der Waals surface area contributed by atoms with E-state index in [-0.39, 0.29) is 18.1 Å². The molecule has 3 atom stereocenters. The molecule has 2 aliphatic heterocycles. The summed E-state index contributed by atoms with van der Waals surface area (Å²) in [6.07, 6.45) is -0.303. The molecule has 2 fully saturated rings. The van der Waals surface area contributed by atoms with Crippen molar-refractivity contribution in [2.45, 2.75) is 32.0 Å². The zero-order valence-electron chi connectivity index (χ0n) is 11.1. The first-order chi connectivity index (χ1) is 8.58. The van der Waals surface area contributed by atoms with E-state index >= 15 is 0 Å². The van der Waals surface area contributed by atoms with E-state index in [1.54, 1.807) is 11.8 Å². The molecule has 2 heterocycles. The highest BCUT2D eigenvalue weighted by Gasteiger charge is 2.32. The minimum Gasteiger partial charge on any atom is -0.392 e. The van der Waals surface area contributed by atoms with Crippen molar-refractivity contribution in [3.8, 4) is 0 Å². The zero-order valence-corrected chi connectivity index (χ0v) is 11.9. The molecule has 104 valence electrons. The zero-order chi connectivity index (χ0) is 13.1. The van der Waals surface area contributed by atoms with Gasteiger partial charge >= 0.3 is 0 Å². The van der Waals surface area contributed by atoms with Crippen LogP contribution in [0.25, 0.3) is 0 Å². The number of rotatable bonds is 3. The van der Waals surface area contributed by atoms with Gasteiger partial charge in [-0.3, -0.25) is 15.0 Å². The van der Waals surface area contributed by atoms with Gasteiger partial charge in [0.15, 0.2) is 0 Å². The van der Waals surface area contributed by atoms with E-state index < -0.39 is 0 Å². The molecule has 2 N–H and O–H groups in total. The lowest BCUT2D eigenvalue weighted by molar-refractivity contribution is -0.135. The number of aliphatic hydroxyl groups excluding tert-OH is 1. The number of nitrogens with one attached hydrogen (secondary N) is 1. The first-order valence-corrected chi connectivity index (χ1v) is 7.75. The lowest BCUT2D eigenvalue weighted by atomic mass is 10.1. The standard InChI is InChI=1S/C12H23N3O2S/c1-9-5-15(4-3-14(9)6-10(2)16)12(17)11-7-18-8-13-11/h9-11,13,16H,3-8H2,1-2H3. The average molecular weight is 273 g/mol. The van der Waals surface area contributed by atoms with Crippen LogP contribution in [0.2, 0.25) is 0 Å². The summed E-state index contributed by atoms with van der Waals surface area (Å²) >= 11 is 1.78. The number of thioether (sulfide) groups is 1. The SMILES string of the molecule is CC(O)CN1CCN(C(=O)C2CSCN2)CC1C. The predicted octanol–water partition coefficient (Wildman–Crippen LogP) is -0.438. The molecule has 0 saturated carbocycles. The average Bonchev–Trinajstić information content (AvgIpc) is 2.84. The van der Waals surface area contributed by atoms with Gasteiger partial charge in [-0.15, -0.1) is 11.8 Å². The van der Waals surface area contributed by atoms with Gasteiger partial charge in [-0.2, -0.15) is 0 Å². The van der Waals surface area contributed by atoms with E-state index in [0.717, 1.165) is 31.3 Å². The van der Waals surface area contributed by atoms with Crippen LogP contribution in [0.4, 0.5) is 0 Å². The first-order valence-electron chi connectivity index (χ1n) is 6.60. The Hall–Kier alpha value is -0.300. The van der Waals surface area contributed by atoms with Crippen molar-refractivity contribution >= 4 is 17.7 Å². The Morgan fingerprint density at radius 1 is 1.56 bits per heavy atom. The van der Waals surface area contributed by atoms with Gasteiger partial charge in [0.25, 0.3) is 0 Å². The minimum atomic E-state index is -0.303. The molecular weight excluding hydrogens is 250 g/mol. The van der Waals surface area contributed by atoms with Gasteiger partial charge in [-0.25, -0.2) is 0 Å². The Bertz CT molecular complexity index is 295. The van der Waals surface area contributed by atoms with E-state index in [9.17, 15) is 9.90 Å². The largest absolute Gasteiger partial charge is 0.392 e. The number of β-amino-alcohol motifs (C(OH)–C–C–N with tert-alkyl or cyclic N) is 1. The molecule has 5 nitrogen and oxygen atoms in total. The van der Waals surface area contributed by atoms with E-state index in [1.807, 2.05) is 11.8 Å². The molecule has 2 aliphatic rings. The van der Waals surface area contributed by atoms with Gasteiger partial charge < -0.3 is 10.0 Å². The van der Waals surface area contributed by atoms with Crippen molar-refractivity contribution in [3.05, 3.63) is 0 Å². The van der Waals surface area contributed by atoms with E-state index in [1.165, 1.54) is 0 Å². The van der Waals surface area contributed by atoms with Crippen molar-refractivity contribution in [2.75, 3.05) is 37.8 Å². The number of aliphatic hydroxyl groups is 1. The van der Waals surface area contributed by atoms with Crippen LogP contribution in [-0.2, 0) is 4.79 Å². The van der Waals surface area contributed by atoms with Crippen molar-refractivity contribution in [1.29, 1.82) is 0 Å². The quantitative estimate of drug-likeness (QED) is 0.730. The number of amides is 1.